The van der Waals surface area contributed by atoms with Crippen LogP contribution in [-0.2, 0) is 6.54 Å². The van der Waals surface area contributed by atoms with Crippen molar-refractivity contribution in [2.24, 2.45) is 5.92 Å². The van der Waals surface area contributed by atoms with Gasteiger partial charge in [0, 0.05) is 19.1 Å². The molecule has 1 amide bonds. The van der Waals surface area contributed by atoms with Crippen LogP contribution in [0.15, 0.2) is 30.6 Å². The van der Waals surface area contributed by atoms with Crippen molar-refractivity contribution in [1.82, 2.24) is 14.9 Å². The Hall–Kier alpha value is -2.67. The third kappa shape index (κ3) is 3.23. The van der Waals surface area contributed by atoms with E-state index in [4.69, 9.17) is 4.74 Å². The maximum absolute atomic E-state index is 13.2. The minimum absolute atomic E-state index is 0.166. The second-order valence-electron chi connectivity index (χ2n) is 7.95. The number of rotatable bonds is 5. The topological polar surface area (TPSA) is 67.3 Å². The molecule has 29 heavy (non-hydrogen) atoms. The normalized spacial score (nSPS) is 20.4. The zero-order valence-electron chi connectivity index (χ0n) is 16.6. The number of piperidine rings is 1. The molecule has 0 spiro atoms. The van der Waals surface area contributed by atoms with E-state index in [0.29, 0.717) is 18.5 Å². The van der Waals surface area contributed by atoms with Gasteiger partial charge in [0.2, 0.25) is 0 Å². The van der Waals surface area contributed by atoms with E-state index in [1.807, 2.05) is 31.2 Å². The molecule has 0 radical (unpaired) electrons. The fourth-order valence-electron chi connectivity index (χ4n) is 4.64. The van der Waals surface area contributed by atoms with Gasteiger partial charge in [-0.05, 0) is 55.4 Å². The lowest BCUT2D eigenvalue weighted by atomic mass is 10.1. The molecule has 1 aliphatic carbocycles. The fourth-order valence-corrected chi connectivity index (χ4v) is 5.75. The third-order valence-electron chi connectivity index (χ3n) is 6.21. The van der Waals surface area contributed by atoms with E-state index in [-0.39, 0.29) is 5.91 Å². The Morgan fingerprint density at radius 2 is 2.10 bits per heavy atom. The van der Waals surface area contributed by atoms with Crippen LogP contribution >= 0.6 is 11.3 Å². The third-order valence-corrected chi connectivity index (χ3v) is 7.40. The van der Waals surface area contributed by atoms with Crippen molar-refractivity contribution in [1.29, 1.82) is 0 Å². The smallest absolute Gasteiger partial charge is 0.264 e. The molecule has 2 aliphatic rings. The Bertz CT molecular complexity index is 1060. The molecule has 2 fully saturated rings. The van der Waals surface area contributed by atoms with Crippen molar-refractivity contribution in [3.05, 3.63) is 46.6 Å². The van der Waals surface area contributed by atoms with Gasteiger partial charge in [0.05, 0.1) is 17.4 Å². The second kappa shape index (κ2) is 7.30. The zero-order chi connectivity index (χ0) is 20.0. The first-order chi connectivity index (χ1) is 14.1. The Kier molecular flexibility index (Phi) is 4.62. The number of methoxy groups -OCH3 is 1. The number of hydrogen-bond donors (Lipinski definition) is 1. The van der Waals surface area contributed by atoms with Crippen LogP contribution in [0, 0.1) is 12.8 Å². The largest absolute Gasteiger partial charge is 0.497 e. The summed E-state index contributed by atoms with van der Waals surface area (Å²) >= 11 is 1.49. The van der Waals surface area contributed by atoms with E-state index in [1.165, 1.54) is 24.2 Å². The number of nitrogens with one attached hydrogen (secondary N) is 1. The van der Waals surface area contributed by atoms with Gasteiger partial charge in [-0.2, -0.15) is 0 Å². The minimum atomic E-state index is 0.166. The van der Waals surface area contributed by atoms with Crippen LogP contribution in [0.5, 0.6) is 5.75 Å². The Labute approximate surface area is 173 Å². The van der Waals surface area contributed by atoms with Gasteiger partial charge in [0.25, 0.3) is 5.91 Å². The number of carbonyl (C=O) groups is 1. The molecule has 1 saturated heterocycles. The average Bonchev–Trinajstić information content (AvgIpc) is 3.47. The molecule has 2 unspecified atom stereocenters. The Morgan fingerprint density at radius 1 is 1.28 bits per heavy atom. The summed E-state index contributed by atoms with van der Waals surface area (Å²) in [6.45, 7) is 3.57. The number of likely N-dealkylation sites (tertiary alicyclic amines) is 1. The summed E-state index contributed by atoms with van der Waals surface area (Å²) < 4.78 is 5.22. The number of amides is 1. The second-order valence-corrected chi connectivity index (χ2v) is 8.95. The molecule has 5 rings (SSSR count). The van der Waals surface area contributed by atoms with Crippen LogP contribution in [0.25, 0.3) is 10.2 Å². The number of hydrogen-bond acceptors (Lipinski definition) is 6. The van der Waals surface area contributed by atoms with Crippen LogP contribution in [0.4, 0.5) is 5.82 Å². The number of aromatic nitrogens is 2. The number of anilines is 1. The molecule has 6 nitrogen and oxygen atoms in total. The quantitative estimate of drug-likeness (QED) is 0.684. The van der Waals surface area contributed by atoms with E-state index >= 15 is 0 Å². The first-order valence-corrected chi connectivity index (χ1v) is 10.9. The van der Waals surface area contributed by atoms with E-state index in [1.54, 1.807) is 13.4 Å². The summed E-state index contributed by atoms with van der Waals surface area (Å²) in [7, 11) is 1.66. The predicted molar refractivity (Wildman–Crippen MR) is 115 cm³/mol. The molecule has 1 saturated carbocycles. The van der Waals surface area contributed by atoms with Crippen molar-refractivity contribution >= 4 is 33.3 Å². The van der Waals surface area contributed by atoms with Gasteiger partial charge in [-0.25, -0.2) is 9.97 Å². The van der Waals surface area contributed by atoms with Gasteiger partial charge >= 0.3 is 0 Å². The lowest BCUT2D eigenvalue weighted by Crippen LogP contribution is -2.37. The first-order valence-electron chi connectivity index (χ1n) is 10.1. The highest BCUT2D eigenvalue weighted by atomic mass is 32.1. The molecule has 1 aromatic carbocycles. The zero-order valence-corrected chi connectivity index (χ0v) is 17.5. The highest BCUT2D eigenvalue weighted by Gasteiger charge is 2.41. The molecule has 3 aromatic rings. The Morgan fingerprint density at radius 3 is 2.79 bits per heavy atom. The SMILES string of the molecule is COc1ccc(CNc2ncnc3sc(C(=O)N4CC5CCC4C5)c(C)c23)cc1. The molecule has 2 atom stereocenters. The maximum Gasteiger partial charge on any atom is 0.264 e. The number of thiophene rings is 1. The van der Waals surface area contributed by atoms with Crippen LogP contribution in [0.3, 0.4) is 0 Å². The number of fused-ring (bicyclic) bond motifs is 3. The molecule has 1 N–H and O–H groups in total. The molecule has 2 aromatic heterocycles. The average molecular weight is 409 g/mol. The van der Waals surface area contributed by atoms with Crippen molar-refractivity contribution in [3.8, 4) is 5.75 Å². The van der Waals surface area contributed by atoms with E-state index in [0.717, 1.165) is 50.8 Å². The lowest BCUT2D eigenvalue weighted by Gasteiger charge is -2.26. The monoisotopic (exact) mass is 408 g/mol. The summed E-state index contributed by atoms with van der Waals surface area (Å²) in [5.74, 6) is 2.48. The van der Waals surface area contributed by atoms with E-state index < -0.39 is 0 Å². The summed E-state index contributed by atoms with van der Waals surface area (Å²) in [5, 5.41) is 4.38. The van der Waals surface area contributed by atoms with Gasteiger partial charge in [0.1, 0.15) is 22.7 Å². The number of carbonyl (C=O) groups excluding carboxylic acids is 1. The summed E-state index contributed by atoms with van der Waals surface area (Å²) in [5.41, 5.74) is 2.12. The summed E-state index contributed by atoms with van der Waals surface area (Å²) in [6.07, 6.45) is 5.16. The number of aryl methyl sites for hydroxylation is 1. The van der Waals surface area contributed by atoms with Crippen molar-refractivity contribution in [2.75, 3.05) is 19.0 Å². The molecular formula is C22H24N4O2S. The molecule has 1 aliphatic heterocycles. The lowest BCUT2D eigenvalue weighted by molar-refractivity contribution is 0.0708. The fraction of sp³-hybridized carbons (Fsp3) is 0.409. The number of benzene rings is 1. The maximum atomic E-state index is 13.2. The van der Waals surface area contributed by atoms with Crippen molar-refractivity contribution in [2.45, 2.75) is 38.8 Å². The van der Waals surface area contributed by atoms with Crippen LogP contribution in [-0.4, -0.2) is 40.5 Å². The predicted octanol–water partition coefficient (Wildman–Crippen LogP) is 4.24. The van der Waals surface area contributed by atoms with Gasteiger partial charge in [-0.15, -0.1) is 11.3 Å². The Balaban J connectivity index is 1.41. The highest BCUT2D eigenvalue weighted by molar-refractivity contribution is 7.20. The first kappa shape index (κ1) is 18.4. The molecule has 7 heteroatoms. The number of nitrogens with zero attached hydrogens (tertiary/aromatic N) is 3. The van der Waals surface area contributed by atoms with E-state index in [2.05, 4.69) is 20.2 Å². The van der Waals surface area contributed by atoms with Gasteiger partial charge in [0.15, 0.2) is 0 Å². The summed E-state index contributed by atoms with van der Waals surface area (Å²) in [4.78, 5) is 25.9. The van der Waals surface area contributed by atoms with Crippen LogP contribution in [0.2, 0.25) is 0 Å². The molecule has 150 valence electrons. The minimum Gasteiger partial charge on any atom is -0.497 e. The van der Waals surface area contributed by atoms with Crippen molar-refractivity contribution < 1.29 is 9.53 Å². The van der Waals surface area contributed by atoms with E-state index in [9.17, 15) is 4.79 Å². The van der Waals surface area contributed by atoms with Crippen LogP contribution in [0.1, 0.15) is 40.1 Å². The highest BCUT2D eigenvalue weighted by Crippen LogP contribution is 2.40. The van der Waals surface area contributed by atoms with Gasteiger partial charge in [-0.1, -0.05) is 12.1 Å². The van der Waals surface area contributed by atoms with Gasteiger partial charge in [-0.3, -0.25) is 4.79 Å². The van der Waals surface area contributed by atoms with Gasteiger partial charge < -0.3 is 15.0 Å². The van der Waals surface area contributed by atoms with Crippen LogP contribution < -0.4 is 10.1 Å². The number of ether oxygens (including phenoxy) is 1. The molecular weight excluding hydrogens is 384 g/mol. The molecule has 3 heterocycles. The molecule has 2 bridgehead atoms. The standard InChI is InChI=1S/C22H24N4O2S/c1-13-18-20(23-10-14-4-7-17(28-2)8-5-14)24-12-25-21(18)29-19(13)22(27)26-11-15-3-6-16(26)9-15/h4-5,7-8,12,15-16H,3,6,9-11H2,1-2H3,(H,23,24,25). The van der Waals surface area contributed by atoms with Crippen molar-refractivity contribution in [3.63, 3.8) is 0 Å². The summed E-state index contributed by atoms with van der Waals surface area (Å²) in [6, 6.07) is 8.38.